The first-order valence-electron chi connectivity index (χ1n) is 7.43. The van der Waals surface area contributed by atoms with E-state index in [1.54, 1.807) is 22.2 Å². The highest BCUT2D eigenvalue weighted by molar-refractivity contribution is 7.71. The Morgan fingerprint density at radius 1 is 1.38 bits per heavy atom. The minimum absolute atomic E-state index is 0.443. The van der Waals surface area contributed by atoms with E-state index in [0.717, 1.165) is 16.2 Å². The zero-order valence-electron chi connectivity index (χ0n) is 13.3. The van der Waals surface area contributed by atoms with Crippen molar-refractivity contribution in [3.8, 4) is 17.1 Å². The van der Waals surface area contributed by atoms with Gasteiger partial charge in [-0.1, -0.05) is 0 Å². The van der Waals surface area contributed by atoms with Gasteiger partial charge in [-0.2, -0.15) is 14.9 Å². The maximum atomic E-state index is 5.46. The molecule has 0 aliphatic rings. The molecule has 24 heavy (non-hydrogen) atoms. The molecule has 0 amide bonds. The van der Waals surface area contributed by atoms with Crippen molar-refractivity contribution in [2.45, 2.75) is 13.8 Å². The molecule has 0 atom stereocenters. The summed E-state index contributed by atoms with van der Waals surface area (Å²) in [5.41, 5.74) is 5.02. The number of nitrogens with one attached hydrogen (secondary N) is 2. The van der Waals surface area contributed by atoms with Crippen molar-refractivity contribution < 1.29 is 4.74 Å². The Hall–Kier alpha value is -2.45. The monoisotopic (exact) mass is 359 g/mol. The number of aromatic amines is 1. The van der Waals surface area contributed by atoms with Crippen LogP contribution < -0.4 is 10.3 Å². The normalized spacial score (nSPS) is 11.1. The summed E-state index contributed by atoms with van der Waals surface area (Å²) in [5, 5.41) is 13.3. The third-order valence-electron chi connectivity index (χ3n) is 3.34. The van der Waals surface area contributed by atoms with Crippen LogP contribution in [0.1, 0.15) is 17.4 Å². The molecule has 0 unspecified atom stereocenters. The lowest BCUT2D eigenvalue weighted by Gasteiger charge is -2.06. The third kappa shape index (κ3) is 3.55. The molecule has 0 aliphatic heterocycles. The average Bonchev–Trinajstić information content (AvgIpc) is 3.15. The van der Waals surface area contributed by atoms with Gasteiger partial charge in [-0.15, -0.1) is 11.3 Å². The molecule has 2 aromatic heterocycles. The van der Waals surface area contributed by atoms with E-state index in [1.165, 1.54) is 5.56 Å². The van der Waals surface area contributed by atoms with Crippen molar-refractivity contribution in [3.05, 3.63) is 50.9 Å². The lowest BCUT2D eigenvalue weighted by atomic mass is 10.2. The van der Waals surface area contributed by atoms with Gasteiger partial charge in [0.15, 0.2) is 5.82 Å². The highest BCUT2D eigenvalue weighted by Gasteiger charge is 2.08. The van der Waals surface area contributed by atoms with E-state index in [4.69, 9.17) is 17.0 Å². The zero-order valence-corrected chi connectivity index (χ0v) is 14.9. The van der Waals surface area contributed by atoms with Gasteiger partial charge in [0.05, 0.1) is 17.7 Å². The van der Waals surface area contributed by atoms with Crippen LogP contribution in [0, 0.1) is 11.7 Å². The topological polar surface area (TPSA) is 67.2 Å². The second-order valence-electron chi connectivity index (χ2n) is 4.97. The van der Waals surface area contributed by atoms with Crippen LogP contribution in [-0.2, 0) is 0 Å². The number of rotatable bonds is 6. The Labute approximate surface area is 148 Å². The first-order chi connectivity index (χ1) is 11.7. The number of aryl methyl sites for hydroxylation is 1. The molecule has 0 spiro atoms. The largest absolute Gasteiger partial charge is 0.494 e. The summed E-state index contributed by atoms with van der Waals surface area (Å²) in [7, 11) is 0. The minimum atomic E-state index is 0.443. The molecule has 0 saturated heterocycles. The number of ether oxygens (including phenoxy) is 1. The SMILES string of the molecule is CCOc1ccc(-c2n[nH]c(=S)n2NN=Cc2sccc2C)cc1. The fourth-order valence-electron chi connectivity index (χ4n) is 2.11. The van der Waals surface area contributed by atoms with Crippen molar-refractivity contribution in [2.75, 3.05) is 12.1 Å². The molecule has 2 heterocycles. The molecule has 0 bridgehead atoms. The molecule has 0 aliphatic carbocycles. The van der Waals surface area contributed by atoms with E-state index in [2.05, 4.69) is 26.9 Å². The smallest absolute Gasteiger partial charge is 0.216 e. The predicted molar refractivity (Wildman–Crippen MR) is 100 cm³/mol. The van der Waals surface area contributed by atoms with Gasteiger partial charge in [0, 0.05) is 5.56 Å². The molecule has 0 saturated carbocycles. The van der Waals surface area contributed by atoms with Gasteiger partial charge in [-0.05, 0) is 67.3 Å². The van der Waals surface area contributed by atoms with Gasteiger partial charge in [0.25, 0.3) is 0 Å². The molecule has 3 rings (SSSR count). The fourth-order valence-corrected chi connectivity index (χ4v) is 3.07. The van der Waals surface area contributed by atoms with Crippen LogP contribution in [0.3, 0.4) is 0 Å². The Bertz CT molecular complexity index is 892. The average molecular weight is 359 g/mol. The number of thiophene rings is 1. The Balaban J connectivity index is 1.82. The summed E-state index contributed by atoms with van der Waals surface area (Å²) in [6.07, 6.45) is 1.77. The number of H-pyrrole nitrogens is 1. The second kappa shape index (κ2) is 7.41. The minimum Gasteiger partial charge on any atom is -0.494 e. The summed E-state index contributed by atoms with van der Waals surface area (Å²) in [4.78, 5) is 1.10. The Morgan fingerprint density at radius 3 is 2.83 bits per heavy atom. The van der Waals surface area contributed by atoms with Crippen molar-refractivity contribution in [3.63, 3.8) is 0 Å². The quantitative estimate of drug-likeness (QED) is 0.397. The highest BCUT2D eigenvalue weighted by atomic mass is 32.1. The summed E-state index contributed by atoms with van der Waals surface area (Å²) in [6, 6.07) is 9.72. The molecular weight excluding hydrogens is 342 g/mol. The van der Waals surface area contributed by atoms with Gasteiger partial charge in [-0.3, -0.25) is 0 Å². The van der Waals surface area contributed by atoms with Crippen LogP contribution in [0.2, 0.25) is 0 Å². The Kier molecular flexibility index (Phi) is 5.07. The molecule has 1 aromatic carbocycles. The number of aromatic nitrogens is 3. The molecular formula is C16H17N5OS2. The van der Waals surface area contributed by atoms with Crippen LogP contribution in [0.25, 0.3) is 11.4 Å². The highest BCUT2D eigenvalue weighted by Crippen LogP contribution is 2.20. The fraction of sp³-hybridized carbons (Fsp3) is 0.188. The standard InChI is InChI=1S/C16H17N5OS2/c1-3-22-13-6-4-12(5-7-13)15-18-19-16(23)21(15)20-17-10-14-11(2)8-9-24-14/h4-10,20H,3H2,1-2H3,(H,19,23). The van der Waals surface area contributed by atoms with E-state index in [1.807, 2.05) is 43.5 Å². The van der Waals surface area contributed by atoms with E-state index in [-0.39, 0.29) is 0 Å². The molecule has 0 radical (unpaired) electrons. The van der Waals surface area contributed by atoms with Crippen LogP contribution in [-0.4, -0.2) is 27.7 Å². The third-order valence-corrected chi connectivity index (χ3v) is 4.56. The maximum absolute atomic E-state index is 5.46. The van der Waals surface area contributed by atoms with Crippen molar-refractivity contribution in [1.29, 1.82) is 0 Å². The van der Waals surface area contributed by atoms with Crippen molar-refractivity contribution in [1.82, 2.24) is 14.9 Å². The van der Waals surface area contributed by atoms with Gasteiger partial charge in [-0.25, -0.2) is 10.6 Å². The summed E-state index contributed by atoms with van der Waals surface area (Å²) < 4.78 is 7.53. The van der Waals surface area contributed by atoms with E-state index in [0.29, 0.717) is 17.2 Å². The number of benzene rings is 1. The predicted octanol–water partition coefficient (Wildman–Crippen LogP) is 3.95. The zero-order chi connectivity index (χ0) is 16.9. The van der Waals surface area contributed by atoms with Crippen LogP contribution in [0.15, 0.2) is 40.8 Å². The van der Waals surface area contributed by atoms with E-state index in [9.17, 15) is 0 Å². The van der Waals surface area contributed by atoms with Crippen LogP contribution >= 0.6 is 23.6 Å². The first kappa shape index (κ1) is 16.4. The Morgan fingerprint density at radius 2 is 2.17 bits per heavy atom. The molecule has 0 fully saturated rings. The van der Waals surface area contributed by atoms with Crippen LogP contribution in [0.5, 0.6) is 5.75 Å². The summed E-state index contributed by atoms with van der Waals surface area (Å²) >= 11 is 6.90. The molecule has 3 aromatic rings. The summed E-state index contributed by atoms with van der Waals surface area (Å²) in [5.74, 6) is 1.48. The van der Waals surface area contributed by atoms with Gasteiger partial charge in [0.1, 0.15) is 5.75 Å². The number of nitrogens with zero attached hydrogens (tertiary/aromatic N) is 3. The van der Waals surface area contributed by atoms with E-state index < -0.39 is 0 Å². The molecule has 8 heteroatoms. The van der Waals surface area contributed by atoms with E-state index >= 15 is 0 Å². The van der Waals surface area contributed by atoms with Gasteiger partial charge < -0.3 is 4.74 Å². The molecule has 6 nitrogen and oxygen atoms in total. The van der Waals surface area contributed by atoms with Crippen molar-refractivity contribution in [2.24, 2.45) is 5.10 Å². The molecule has 2 N–H and O–H groups in total. The summed E-state index contributed by atoms with van der Waals surface area (Å²) in [6.45, 7) is 4.64. The molecule has 124 valence electrons. The lowest BCUT2D eigenvalue weighted by Crippen LogP contribution is -2.10. The van der Waals surface area contributed by atoms with Crippen LogP contribution in [0.4, 0.5) is 0 Å². The number of hydrogen-bond acceptors (Lipinski definition) is 6. The van der Waals surface area contributed by atoms with Gasteiger partial charge in [0.2, 0.25) is 4.77 Å². The van der Waals surface area contributed by atoms with Crippen molar-refractivity contribution >= 4 is 29.8 Å². The first-order valence-corrected chi connectivity index (χ1v) is 8.71. The number of hydrogen-bond donors (Lipinski definition) is 2. The lowest BCUT2D eigenvalue weighted by molar-refractivity contribution is 0.340. The second-order valence-corrected chi connectivity index (χ2v) is 6.31. The van der Waals surface area contributed by atoms with Gasteiger partial charge >= 0.3 is 0 Å². The number of hydrazone groups is 1. The maximum Gasteiger partial charge on any atom is 0.216 e.